The van der Waals surface area contributed by atoms with Crippen LogP contribution in [-0.4, -0.2) is 38.6 Å². The summed E-state index contributed by atoms with van der Waals surface area (Å²) in [6.45, 7) is 6.72. The van der Waals surface area contributed by atoms with E-state index in [-0.39, 0.29) is 0 Å². The molecule has 1 unspecified atom stereocenters. The number of piperidine rings is 1. The van der Waals surface area contributed by atoms with Crippen molar-refractivity contribution in [2.75, 3.05) is 13.1 Å². The second-order valence-electron chi connectivity index (χ2n) is 5.53. The fourth-order valence-corrected chi connectivity index (χ4v) is 3.10. The molecular formula is C15H22N4. The van der Waals surface area contributed by atoms with Gasteiger partial charge in [0, 0.05) is 18.7 Å². The quantitative estimate of drug-likeness (QED) is 0.848. The number of aromatic nitrogens is 3. The van der Waals surface area contributed by atoms with E-state index in [1.165, 1.54) is 31.4 Å². The molecule has 2 aromatic rings. The Morgan fingerprint density at radius 3 is 3.05 bits per heavy atom. The van der Waals surface area contributed by atoms with Gasteiger partial charge < -0.3 is 4.90 Å². The van der Waals surface area contributed by atoms with Gasteiger partial charge in [0.05, 0.1) is 0 Å². The lowest BCUT2D eigenvalue weighted by Gasteiger charge is -2.34. The molecule has 3 rings (SSSR count). The van der Waals surface area contributed by atoms with Gasteiger partial charge in [-0.3, -0.25) is 4.40 Å². The summed E-state index contributed by atoms with van der Waals surface area (Å²) in [6.07, 6.45) is 7.08. The zero-order chi connectivity index (χ0) is 13.2. The van der Waals surface area contributed by atoms with E-state index >= 15 is 0 Å². The van der Waals surface area contributed by atoms with Crippen LogP contribution in [0.1, 0.15) is 37.6 Å². The van der Waals surface area contributed by atoms with E-state index in [4.69, 9.17) is 0 Å². The van der Waals surface area contributed by atoms with Crippen molar-refractivity contribution in [3.05, 3.63) is 29.7 Å². The molecule has 0 bridgehead atoms. The molecule has 0 aliphatic carbocycles. The molecule has 0 spiro atoms. The molecule has 0 amide bonds. The van der Waals surface area contributed by atoms with Crippen molar-refractivity contribution < 1.29 is 0 Å². The number of aryl methyl sites for hydroxylation is 1. The molecule has 3 heterocycles. The Bertz CT molecular complexity index is 560. The number of rotatable bonds is 3. The molecule has 2 aromatic heterocycles. The second-order valence-corrected chi connectivity index (χ2v) is 5.53. The third kappa shape index (κ3) is 2.50. The number of likely N-dealkylation sites (tertiary alicyclic amines) is 1. The SMILES string of the molecule is CCN1CCCCC1Cc1nnc2cc(C)ccn12. The van der Waals surface area contributed by atoms with Gasteiger partial charge in [0.25, 0.3) is 0 Å². The zero-order valence-electron chi connectivity index (χ0n) is 11.8. The van der Waals surface area contributed by atoms with E-state index in [0.29, 0.717) is 6.04 Å². The molecule has 1 aliphatic heterocycles. The fraction of sp³-hybridized carbons (Fsp3) is 0.600. The van der Waals surface area contributed by atoms with Crippen LogP contribution in [-0.2, 0) is 6.42 Å². The Hall–Kier alpha value is -1.42. The molecule has 0 radical (unpaired) electrons. The Kier molecular flexibility index (Phi) is 3.51. The van der Waals surface area contributed by atoms with Gasteiger partial charge in [0.15, 0.2) is 5.65 Å². The normalized spacial score (nSPS) is 21.1. The summed E-state index contributed by atoms with van der Waals surface area (Å²) < 4.78 is 2.13. The molecule has 102 valence electrons. The van der Waals surface area contributed by atoms with Crippen LogP contribution in [0.3, 0.4) is 0 Å². The molecule has 0 aromatic carbocycles. The lowest BCUT2D eigenvalue weighted by molar-refractivity contribution is 0.153. The predicted molar refractivity (Wildman–Crippen MR) is 76.3 cm³/mol. The maximum absolute atomic E-state index is 4.39. The third-order valence-electron chi connectivity index (χ3n) is 4.21. The molecule has 1 saturated heterocycles. The monoisotopic (exact) mass is 258 g/mol. The van der Waals surface area contributed by atoms with Crippen LogP contribution in [0.4, 0.5) is 0 Å². The first kappa shape index (κ1) is 12.6. The minimum Gasteiger partial charge on any atom is -0.300 e. The second kappa shape index (κ2) is 5.29. The van der Waals surface area contributed by atoms with Crippen molar-refractivity contribution in [2.45, 2.75) is 45.6 Å². The minimum atomic E-state index is 0.632. The first-order chi connectivity index (χ1) is 9.28. The van der Waals surface area contributed by atoms with Crippen molar-refractivity contribution >= 4 is 5.65 Å². The van der Waals surface area contributed by atoms with Gasteiger partial charge in [-0.15, -0.1) is 10.2 Å². The van der Waals surface area contributed by atoms with Crippen LogP contribution in [0, 0.1) is 6.92 Å². The lowest BCUT2D eigenvalue weighted by Crippen LogP contribution is -2.40. The summed E-state index contributed by atoms with van der Waals surface area (Å²) >= 11 is 0. The van der Waals surface area contributed by atoms with E-state index in [1.54, 1.807) is 0 Å². The smallest absolute Gasteiger partial charge is 0.161 e. The number of nitrogens with zero attached hydrogens (tertiary/aromatic N) is 4. The number of hydrogen-bond donors (Lipinski definition) is 0. The largest absolute Gasteiger partial charge is 0.300 e. The Morgan fingerprint density at radius 1 is 1.32 bits per heavy atom. The summed E-state index contributed by atoms with van der Waals surface area (Å²) in [4.78, 5) is 2.58. The highest BCUT2D eigenvalue weighted by Gasteiger charge is 2.23. The van der Waals surface area contributed by atoms with Gasteiger partial charge in [-0.1, -0.05) is 13.3 Å². The highest BCUT2D eigenvalue weighted by atomic mass is 15.3. The van der Waals surface area contributed by atoms with Gasteiger partial charge in [-0.25, -0.2) is 0 Å². The fourth-order valence-electron chi connectivity index (χ4n) is 3.10. The van der Waals surface area contributed by atoms with Crippen LogP contribution in [0.2, 0.25) is 0 Å². The summed E-state index contributed by atoms with van der Waals surface area (Å²) in [5, 5.41) is 8.68. The highest BCUT2D eigenvalue weighted by Crippen LogP contribution is 2.20. The van der Waals surface area contributed by atoms with Crippen LogP contribution in [0.5, 0.6) is 0 Å². The summed E-state index contributed by atoms with van der Waals surface area (Å²) in [6, 6.07) is 4.85. The number of pyridine rings is 1. The Balaban J connectivity index is 1.84. The van der Waals surface area contributed by atoms with Crippen LogP contribution >= 0.6 is 0 Å². The topological polar surface area (TPSA) is 33.4 Å². The lowest BCUT2D eigenvalue weighted by atomic mass is 9.99. The van der Waals surface area contributed by atoms with E-state index in [2.05, 4.69) is 51.7 Å². The number of likely N-dealkylation sites (N-methyl/N-ethyl adjacent to an activating group) is 1. The number of hydrogen-bond acceptors (Lipinski definition) is 3. The van der Waals surface area contributed by atoms with E-state index in [0.717, 1.165) is 24.4 Å². The molecule has 0 saturated carbocycles. The van der Waals surface area contributed by atoms with Crippen molar-refractivity contribution in [3.63, 3.8) is 0 Å². The van der Waals surface area contributed by atoms with E-state index < -0.39 is 0 Å². The van der Waals surface area contributed by atoms with Crippen molar-refractivity contribution in [3.8, 4) is 0 Å². The molecule has 1 aliphatic rings. The molecule has 0 N–H and O–H groups in total. The minimum absolute atomic E-state index is 0.632. The van der Waals surface area contributed by atoms with Crippen LogP contribution in [0.25, 0.3) is 5.65 Å². The molecular weight excluding hydrogens is 236 g/mol. The van der Waals surface area contributed by atoms with Crippen molar-refractivity contribution in [1.29, 1.82) is 0 Å². The average molecular weight is 258 g/mol. The van der Waals surface area contributed by atoms with Crippen LogP contribution < -0.4 is 0 Å². The van der Waals surface area contributed by atoms with Gasteiger partial charge in [0.1, 0.15) is 5.82 Å². The van der Waals surface area contributed by atoms with E-state index in [1.807, 2.05) is 0 Å². The Labute approximate surface area is 114 Å². The molecule has 19 heavy (non-hydrogen) atoms. The maximum Gasteiger partial charge on any atom is 0.161 e. The first-order valence-corrected chi connectivity index (χ1v) is 7.32. The van der Waals surface area contributed by atoms with Crippen molar-refractivity contribution in [2.24, 2.45) is 0 Å². The maximum atomic E-state index is 4.39. The third-order valence-corrected chi connectivity index (χ3v) is 4.21. The summed E-state index contributed by atoms with van der Waals surface area (Å²) in [5.41, 5.74) is 2.20. The van der Waals surface area contributed by atoms with Gasteiger partial charge in [-0.05, 0) is 50.6 Å². The van der Waals surface area contributed by atoms with Gasteiger partial charge >= 0.3 is 0 Å². The van der Waals surface area contributed by atoms with E-state index in [9.17, 15) is 0 Å². The summed E-state index contributed by atoms with van der Waals surface area (Å²) in [7, 11) is 0. The number of fused-ring (bicyclic) bond motifs is 1. The van der Waals surface area contributed by atoms with Gasteiger partial charge in [0.2, 0.25) is 0 Å². The van der Waals surface area contributed by atoms with Gasteiger partial charge in [-0.2, -0.15) is 0 Å². The molecule has 1 atom stereocenters. The van der Waals surface area contributed by atoms with Crippen molar-refractivity contribution in [1.82, 2.24) is 19.5 Å². The Morgan fingerprint density at radius 2 is 2.21 bits per heavy atom. The molecule has 4 nitrogen and oxygen atoms in total. The van der Waals surface area contributed by atoms with Crippen LogP contribution in [0.15, 0.2) is 18.3 Å². The standard InChI is InChI=1S/C15H22N4/c1-3-18-8-5-4-6-13(18)11-15-17-16-14-10-12(2)7-9-19(14)15/h7,9-10,13H,3-6,8,11H2,1-2H3. The predicted octanol–water partition coefficient (Wildman–Crippen LogP) is 2.45. The first-order valence-electron chi connectivity index (χ1n) is 7.32. The summed E-state index contributed by atoms with van der Waals surface area (Å²) in [5.74, 6) is 1.10. The highest BCUT2D eigenvalue weighted by molar-refractivity contribution is 5.40. The molecule has 4 heteroatoms. The average Bonchev–Trinajstić information content (AvgIpc) is 2.82. The zero-order valence-corrected chi connectivity index (χ0v) is 11.8. The molecule has 1 fully saturated rings.